The third kappa shape index (κ3) is 14.8. The van der Waals surface area contributed by atoms with Crippen LogP contribution in [0.5, 0.6) is 0 Å². The summed E-state index contributed by atoms with van der Waals surface area (Å²) < 4.78 is 14.7. The Morgan fingerprint density at radius 2 is 1.74 bits per heavy atom. The number of β-amino-alcohol motifs (C(OH)–C–C–N with tert-alkyl or cyclic N) is 1. The van der Waals surface area contributed by atoms with Gasteiger partial charge in [-0.25, -0.2) is 14.8 Å². The monoisotopic (exact) mass is 1170 g/mol. The number of para-hydroxylation sites is 1. The summed E-state index contributed by atoms with van der Waals surface area (Å²) in [4.78, 5) is 77.5. The average Bonchev–Trinajstić information content (AvgIpc) is 4.31. The largest absolute Gasteiger partial charge is 0.464 e. The summed E-state index contributed by atoms with van der Waals surface area (Å²) >= 11 is 4.67. The van der Waals surface area contributed by atoms with Crippen molar-refractivity contribution >= 4 is 92.8 Å². The van der Waals surface area contributed by atoms with E-state index in [0.29, 0.717) is 49.4 Å². The van der Waals surface area contributed by atoms with E-state index >= 15 is 0 Å². The lowest BCUT2D eigenvalue weighted by Gasteiger charge is -2.35. The first-order chi connectivity index (χ1) is 38.1. The first-order valence-electron chi connectivity index (χ1n) is 27.8. The smallest absolute Gasteiger partial charge is 0.357 e. The number of carbonyl (C=O) groups is 4. The fourth-order valence-corrected chi connectivity index (χ4v) is 13.8. The summed E-state index contributed by atoms with van der Waals surface area (Å²) in [5, 5.41) is 26.9. The molecule has 4 atom stereocenters. The lowest BCUT2D eigenvalue weighted by atomic mass is 9.85. The number of hydrogen-bond donors (Lipinski definition) is 3. The van der Waals surface area contributed by atoms with Crippen LogP contribution < -0.4 is 20.3 Å². The Balaban J connectivity index is 0.831. The van der Waals surface area contributed by atoms with E-state index in [1.54, 1.807) is 22.7 Å². The number of aliphatic hydroxyl groups excluding tert-OH is 1. The zero-order chi connectivity index (χ0) is 57.5. The highest BCUT2D eigenvalue weighted by Crippen LogP contribution is 2.39. The number of aromatic nitrogens is 5. The fraction of sp³-hybridized carbons (Fsp3) is 0.534. The number of carbonyl (C=O) groups excluding carboxylic acids is 4. The molecule has 6 aromatic rings. The average molecular weight is 1170 g/mol. The number of methoxy groups -OCH3 is 1. The summed E-state index contributed by atoms with van der Waals surface area (Å²) in [5.74, 6) is -0.167. The van der Waals surface area contributed by atoms with Gasteiger partial charge in [0.05, 0.1) is 45.6 Å². The third-order valence-electron chi connectivity index (χ3n) is 14.9. The number of unbranched alkanes of at least 4 members (excludes halogenated alkanes) is 1. The van der Waals surface area contributed by atoms with Gasteiger partial charge in [0, 0.05) is 56.6 Å². The van der Waals surface area contributed by atoms with Crippen LogP contribution in [0.15, 0.2) is 59.0 Å². The molecular weight excluding hydrogens is 1090 g/mol. The van der Waals surface area contributed by atoms with Crippen molar-refractivity contribution in [3.05, 3.63) is 91.8 Å². The molecule has 8 rings (SSSR count). The van der Waals surface area contributed by atoms with Crippen LogP contribution in [0.3, 0.4) is 0 Å². The lowest BCUT2D eigenvalue weighted by Crippen LogP contribution is -2.57. The molecule has 0 unspecified atom stereocenters. The normalized spacial score (nSPS) is 16.8. The van der Waals surface area contributed by atoms with Crippen molar-refractivity contribution in [3.8, 4) is 10.4 Å². The number of aryl methyl sites for hydroxylation is 2. The molecule has 3 N–H and O–H groups in total. The predicted octanol–water partition coefficient (Wildman–Crippen LogP) is 9.51. The number of benzene rings is 2. The first kappa shape index (κ1) is 60.3. The number of amides is 3. The number of nitrogens with one attached hydrogen (secondary N) is 2. The molecule has 22 heteroatoms. The van der Waals surface area contributed by atoms with Crippen molar-refractivity contribution in [1.29, 1.82) is 0 Å². The second-order valence-corrected chi connectivity index (χ2v) is 32.0. The van der Waals surface area contributed by atoms with Gasteiger partial charge < -0.3 is 39.9 Å². The second kappa shape index (κ2) is 26.4. The SMILES string of the molecule is COC(=O)c1nc(N2CCCc3c2nnc(/N=c2\sc4ccccc4n2COCC[Si](C)(C)C)c3C)sc1CCCN(C)CCCCC(=O)N[C@H](C(=O)N1C[C@H](O)C[C@H]1C(=O)N[C@@H](C)c1ccc(-c2scnc2C)cc1)C(C)(C)C. The molecule has 1 saturated heterocycles. The van der Waals surface area contributed by atoms with E-state index in [0.717, 1.165) is 103 Å². The highest BCUT2D eigenvalue weighted by molar-refractivity contribution is 7.16. The van der Waals surface area contributed by atoms with Crippen LogP contribution in [-0.2, 0) is 43.4 Å². The Morgan fingerprint density at radius 1 is 0.988 bits per heavy atom. The van der Waals surface area contributed by atoms with Crippen LogP contribution in [0.4, 0.5) is 16.8 Å². The molecule has 2 aliphatic rings. The van der Waals surface area contributed by atoms with E-state index in [-0.39, 0.29) is 43.1 Å². The minimum absolute atomic E-state index is 0.00261. The van der Waals surface area contributed by atoms with Crippen LogP contribution in [0.25, 0.3) is 20.7 Å². The standard InChI is InChI=1S/C58H79N11O7S3Si/c1-36-42-18-16-29-67(52(42)65-64-51(36)63-57-69(35-76-30-31-80(9,10)11)43-19-12-13-20-45(43)78-57)56-62-48(55(74)75-8)46(79-56)21-17-28-66(7)27-15-14-22-47(71)61-50(58(4,5)6)54(73)68-33-41(70)32-44(68)53(72)60-37(2)39-23-25-40(26-24-39)49-38(3)59-34-77-49/h12-13,19-20,23-26,34,37,41,44,50,70H,14-18,21-22,27-33,35H2,1-11H3,(H,60,72)(H,61,71)/b63-57-/t37-,41+,44-,50+/m0/s1. The van der Waals surface area contributed by atoms with Crippen molar-refractivity contribution in [2.75, 3.05) is 51.8 Å². The van der Waals surface area contributed by atoms with Crippen LogP contribution in [0, 0.1) is 19.3 Å². The number of fused-ring (bicyclic) bond motifs is 2. The Labute approximate surface area is 483 Å². The number of anilines is 2. The molecule has 2 aliphatic heterocycles. The number of hydrogen-bond acceptors (Lipinski definition) is 17. The van der Waals surface area contributed by atoms with Gasteiger partial charge in [0.15, 0.2) is 27.3 Å². The first-order valence-corrected chi connectivity index (χ1v) is 34.0. The summed E-state index contributed by atoms with van der Waals surface area (Å²) in [7, 11) is 2.17. The number of rotatable bonds is 23. The van der Waals surface area contributed by atoms with Gasteiger partial charge >= 0.3 is 5.97 Å². The van der Waals surface area contributed by atoms with Gasteiger partial charge in [-0.1, -0.05) is 88.1 Å². The highest BCUT2D eigenvalue weighted by atomic mass is 32.1. The summed E-state index contributed by atoms with van der Waals surface area (Å²) in [5.41, 5.74) is 7.49. The maximum absolute atomic E-state index is 14.3. The van der Waals surface area contributed by atoms with E-state index in [9.17, 15) is 24.3 Å². The molecule has 2 aromatic carbocycles. The quantitative estimate of drug-likeness (QED) is 0.0311. The molecule has 0 saturated carbocycles. The lowest BCUT2D eigenvalue weighted by molar-refractivity contribution is -0.144. The Bertz CT molecular complexity index is 3220. The maximum Gasteiger partial charge on any atom is 0.357 e. The minimum Gasteiger partial charge on any atom is -0.464 e. The number of likely N-dealkylation sites (tertiary alicyclic amines) is 1. The molecule has 0 aliphatic carbocycles. The van der Waals surface area contributed by atoms with E-state index in [2.05, 4.69) is 73.8 Å². The molecule has 18 nitrogen and oxygen atoms in total. The third-order valence-corrected chi connectivity index (χ3v) is 19.7. The molecule has 430 valence electrons. The fourth-order valence-electron chi connectivity index (χ4n) is 10.1. The molecule has 4 aromatic heterocycles. The molecule has 6 heterocycles. The van der Waals surface area contributed by atoms with Gasteiger partial charge in [0.1, 0.15) is 18.8 Å². The van der Waals surface area contributed by atoms with E-state index in [1.165, 1.54) is 23.3 Å². The van der Waals surface area contributed by atoms with Crippen molar-refractivity contribution in [3.63, 3.8) is 0 Å². The predicted molar refractivity (Wildman–Crippen MR) is 321 cm³/mol. The summed E-state index contributed by atoms with van der Waals surface area (Å²) in [6.45, 7) is 21.9. The molecule has 3 amide bonds. The summed E-state index contributed by atoms with van der Waals surface area (Å²) in [6.07, 6.45) is 3.90. The van der Waals surface area contributed by atoms with Gasteiger partial charge in [-0.3, -0.25) is 19.0 Å². The molecule has 0 radical (unpaired) electrons. The molecule has 0 bridgehead atoms. The van der Waals surface area contributed by atoms with Gasteiger partial charge in [0.25, 0.3) is 0 Å². The van der Waals surface area contributed by atoms with Crippen molar-refractivity contribution in [1.82, 2.24) is 45.2 Å². The molecular formula is C58H79N11O7S3Si. The van der Waals surface area contributed by atoms with E-state index in [1.807, 2.05) is 83.6 Å². The number of esters is 1. The van der Waals surface area contributed by atoms with Gasteiger partial charge in [-0.15, -0.1) is 32.9 Å². The van der Waals surface area contributed by atoms with Crippen molar-refractivity contribution < 1.29 is 33.8 Å². The Hall–Kier alpha value is -5.75. The second-order valence-electron chi connectivity index (χ2n) is 23.5. The molecule has 80 heavy (non-hydrogen) atoms. The van der Waals surface area contributed by atoms with E-state index in [4.69, 9.17) is 24.5 Å². The van der Waals surface area contributed by atoms with Gasteiger partial charge in [-0.2, -0.15) is 4.99 Å². The summed E-state index contributed by atoms with van der Waals surface area (Å²) in [6, 6.07) is 15.2. The van der Waals surface area contributed by atoms with Crippen molar-refractivity contribution in [2.24, 2.45) is 10.4 Å². The van der Waals surface area contributed by atoms with E-state index < -0.39 is 37.6 Å². The minimum atomic E-state index is -1.25. The van der Waals surface area contributed by atoms with Crippen LogP contribution in [0.2, 0.25) is 25.7 Å². The zero-order valence-corrected chi connectivity index (χ0v) is 51.7. The molecule has 0 spiro atoms. The number of nitrogens with zero attached hydrogens (tertiary/aromatic N) is 9. The number of aliphatic hydroxyl groups is 1. The zero-order valence-electron chi connectivity index (χ0n) is 48.3. The Morgan fingerprint density at radius 3 is 2.45 bits per heavy atom. The number of thiazole rings is 3. The maximum atomic E-state index is 14.3. The van der Waals surface area contributed by atoms with Gasteiger partial charge in [0.2, 0.25) is 17.7 Å². The topological polar surface area (TPSA) is 210 Å². The number of ether oxygens (including phenoxy) is 2. The highest BCUT2D eigenvalue weighted by Gasteiger charge is 2.45. The van der Waals surface area contributed by atoms with Crippen LogP contribution in [0.1, 0.15) is 110 Å². The van der Waals surface area contributed by atoms with Crippen LogP contribution >= 0.6 is 34.0 Å². The van der Waals surface area contributed by atoms with Gasteiger partial charge in [-0.05, 0) is 114 Å². The van der Waals surface area contributed by atoms with Crippen molar-refractivity contribution in [2.45, 2.75) is 150 Å². The molecule has 1 fully saturated rings. The van der Waals surface area contributed by atoms with Crippen LogP contribution in [-0.4, -0.2) is 137 Å². The Kier molecular flexibility index (Phi) is 19.9.